The molecule has 4 aromatic rings. The second-order valence-electron chi connectivity index (χ2n) is 22.3. The highest BCUT2D eigenvalue weighted by Gasteiger charge is 2.51. The fraction of sp³-hybridized carbons (Fsp3) is 0.621. The molecule has 0 spiro atoms. The number of nitriles is 1. The Morgan fingerprint density at radius 2 is 1.18 bits per heavy atom. The van der Waals surface area contributed by atoms with Gasteiger partial charge in [0.25, 0.3) is 14.1 Å². The number of aromatic nitrogens is 2. The van der Waals surface area contributed by atoms with Crippen LogP contribution in [0.15, 0.2) is 101 Å². The van der Waals surface area contributed by atoms with Gasteiger partial charge in [-0.25, -0.2) is 9.46 Å². The number of H-pyrrole nitrogens is 1. The molecule has 0 saturated carbocycles. The van der Waals surface area contributed by atoms with Crippen LogP contribution >= 0.6 is 8.53 Å². The van der Waals surface area contributed by atoms with Crippen LogP contribution in [0.4, 0.5) is 0 Å². The molecule has 5 atom stereocenters. The molecule has 1 amide bonds. The normalized spacial score (nSPS) is 16.5. The quantitative estimate of drug-likeness (QED) is 0.0183. The molecule has 0 aliphatic carbocycles. The highest BCUT2D eigenvalue weighted by atomic mass is 31.2. The minimum Gasteiger partial charge on any atom is -0.497 e. The van der Waals surface area contributed by atoms with Gasteiger partial charge in [0.05, 0.1) is 47.0 Å². The van der Waals surface area contributed by atoms with Crippen molar-refractivity contribution in [1.29, 1.82) is 5.26 Å². The smallest absolute Gasteiger partial charge is 0.330 e. The van der Waals surface area contributed by atoms with Crippen molar-refractivity contribution in [3.05, 3.63) is 129 Å². The predicted molar refractivity (Wildman–Crippen MR) is 330 cm³/mol. The second kappa shape index (κ2) is 39.3. The average Bonchev–Trinajstić information content (AvgIpc) is 1.84. The molecule has 0 radical (unpaired) electrons. The monoisotopic (exact) mass is 1180 g/mol. The van der Waals surface area contributed by atoms with Crippen LogP contribution in [0.25, 0.3) is 0 Å². The summed E-state index contributed by atoms with van der Waals surface area (Å²) in [6, 6.07) is 28.8. The zero-order chi connectivity index (χ0) is 60.4. The molecule has 2 N–H and O–H groups in total. The molecule has 2 unspecified atom stereocenters. The zero-order valence-corrected chi connectivity index (χ0v) is 52.3. The molecular weight excluding hydrogens is 1090 g/mol. The number of carbonyl (C=O) groups is 2. The summed E-state index contributed by atoms with van der Waals surface area (Å²) in [7, 11) is 2.84. The van der Waals surface area contributed by atoms with Crippen LogP contribution in [-0.2, 0) is 43.2 Å². The average molecular weight is 1180 g/mol. The first-order valence-electron chi connectivity index (χ1n) is 31.0. The van der Waals surface area contributed by atoms with E-state index >= 15 is 0 Å². The van der Waals surface area contributed by atoms with E-state index in [4.69, 9.17) is 37.5 Å². The molecule has 464 valence electrons. The molecule has 5 rings (SSSR count). The van der Waals surface area contributed by atoms with Crippen LogP contribution in [-0.4, -0.2) is 104 Å². The van der Waals surface area contributed by atoms with Crippen molar-refractivity contribution in [2.24, 2.45) is 0 Å². The summed E-state index contributed by atoms with van der Waals surface area (Å²) >= 11 is 0. The summed E-state index contributed by atoms with van der Waals surface area (Å²) in [6.07, 6.45) is 21.4. The number of hydrogen-bond donors (Lipinski definition) is 2. The van der Waals surface area contributed by atoms with Gasteiger partial charge in [-0.15, -0.1) is 0 Å². The Morgan fingerprint density at radius 1 is 0.667 bits per heavy atom. The van der Waals surface area contributed by atoms with E-state index in [-0.39, 0.29) is 43.6 Å². The van der Waals surface area contributed by atoms with Gasteiger partial charge in [-0.2, -0.15) is 5.26 Å². The summed E-state index contributed by atoms with van der Waals surface area (Å²) in [4.78, 5) is 52.6. The molecule has 1 aliphatic heterocycles. The number of esters is 1. The van der Waals surface area contributed by atoms with E-state index in [2.05, 4.69) is 48.7 Å². The minimum absolute atomic E-state index is 0.0237. The van der Waals surface area contributed by atoms with Crippen molar-refractivity contribution < 1.29 is 47.1 Å². The van der Waals surface area contributed by atoms with Crippen LogP contribution in [0.5, 0.6) is 11.5 Å². The van der Waals surface area contributed by atoms with Crippen LogP contribution in [0, 0.1) is 11.3 Å². The molecule has 1 aliphatic rings. The lowest BCUT2D eigenvalue weighted by atomic mass is 9.80. The van der Waals surface area contributed by atoms with Gasteiger partial charge in [-0.3, -0.25) is 23.9 Å². The lowest BCUT2D eigenvalue weighted by molar-refractivity contribution is -0.140. The number of nitrogens with one attached hydrogen (secondary N) is 2. The van der Waals surface area contributed by atoms with Crippen molar-refractivity contribution in [2.45, 2.75) is 218 Å². The molecule has 1 aromatic heterocycles. The molecule has 1 fully saturated rings. The van der Waals surface area contributed by atoms with Gasteiger partial charge < -0.3 is 42.8 Å². The third-order valence-corrected chi connectivity index (χ3v) is 17.5. The van der Waals surface area contributed by atoms with Crippen LogP contribution in [0.3, 0.4) is 0 Å². The van der Waals surface area contributed by atoms with Crippen molar-refractivity contribution in [3.8, 4) is 17.6 Å². The van der Waals surface area contributed by atoms with E-state index in [9.17, 15) is 24.4 Å². The maximum atomic E-state index is 13.8. The Morgan fingerprint density at radius 3 is 1.69 bits per heavy atom. The first-order valence-corrected chi connectivity index (χ1v) is 32.1. The van der Waals surface area contributed by atoms with Gasteiger partial charge in [0.2, 0.25) is 5.91 Å². The molecule has 2 heterocycles. The molecule has 1 saturated heterocycles. The van der Waals surface area contributed by atoms with Gasteiger partial charge in [0.15, 0.2) is 6.23 Å². The third-order valence-electron chi connectivity index (χ3n) is 15.4. The number of rotatable bonds is 44. The van der Waals surface area contributed by atoms with Crippen LogP contribution in [0.2, 0.25) is 0 Å². The van der Waals surface area contributed by atoms with Crippen LogP contribution in [0.1, 0.15) is 198 Å². The Kier molecular flexibility index (Phi) is 32.4. The number of carbonyl (C=O) groups excluding carboxylic acids is 2. The standard InChI is InChI=1S/C66H98N5O12P/c1-51(2)71(52(3)4)84(81-49-31-45-67)83-62-58(50-80-66(53-32-25-24-26-33-53,54-36-40-56(76-5)41-37-54)55-38-42-57(77-6)43-39-55)82-64(70-47-44-60(73)69-65(70)75)63(62)79-48-30-23-22-29-46-68-59(72)34-27-20-18-16-14-12-10-8-9-11-13-15-17-19-21-28-35-61(74)78-7/h24-26,32-33,36-44,47,51-52,58,62-64H,8-23,27-31,34-35,46,48-50H2,1-7H3,(H,68,72)(H,69,73,75)/t58-,62?,63+,64-,84?/m1/s1. The summed E-state index contributed by atoms with van der Waals surface area (Å²) in [5, 5.41) is 12.7. The predicted octanol–water partition coefficient (Wildman–Crippen LogP) is 13.4. The third kappa shape index (κ3) is 22.8. The van der Waals surface area contributed by atoms with Crippen molar-refractivity contribution in [3.63, 3.8) is 0 Å². The summed E-state index contributed by atoms with van der Waals surface area (Å²) < 4.78 is 54.3. The molecule has 0 bridgehead atoms. The Bertz CT molecular complexity index is 2550. The fourth-order valence-electron chi connectivity index (χ4n) is 10.9. The Balaban J connectivity index is 1.20. The first-order chi connectivity index (χ1) is 40.9. The number of ether oxygens (including phenoxy) is 6. The number of amides is 1. The van der Waals surface area contributed by atoms with E-state index in [0.29, 0.717) is 43.9 Å². The van der Waals surface area contributed by atoms with Crippen molar-refractivity contribution in [1.82, 2.24) is 19.5 Å². The summed E-state index contributed by atoms with van der Waals surface area (Å²) in [6.45, 7) is 9.22. The maximum absolute atomic E-state index is 13.8. The SMILES string of the molecule is COC(=O)CCCCCCCCCCCCCCCCCCC(=O)NCCCCCCO[C@H]1C(OP(OCCC#N)N(C(C)C)C(C)C)[C@@H](COC(c2ccccc2)(c2ccc(OC)cc2)c2ccc(OC)cc2)O[C@H]1n1ccc(=O)[nH]c1=O. The number of benzene rings is 3. The van der Waals surface area contributed by atoms with Gasteiger partial charge >= 0.3 is 11.7 Å². The molecule has 17 nitrogen and oxygen atoms in total. The van der Waals surface area contributed by atoms with Gasteiger partial charge in [-0.05, 0) is 94.3 Å². The Hall–Kier alpha value is -5.44. The highest BCUT2D eigenvalue weighted by molar-refractivity contribution is 7.44. The number of unbranched alkanes of at least 4 members (excludes halogenated alkanes) is 18. The number of nitrogens with zero attached hydrogens (tertiary/aromatic N) is 3. The second-order valence-corrected chi connectivity index (χ2v) is 23.8. The molecule has 3 aromatic carbocycles. The molecule has 84 heavy (non-hydrogen) atoms. The van der Waals surface area contributed by atoms with E-state index in [1.165, 1.54) is 101 Å². The van der Waals surface area contributed by atoms with Crippen LogP contribution < -0.4 is 26.0 Å². The van der Waals surface area contributed by atoms with Gasteiger partial charge in [0.1, 0.15) is 35.4 Å². The van der Waals surface area contributed by atoms with Gasteiger partial charge in [0, 0.05) is 50.3 Å². The largest absolute Gasteiger partial charge is 0.497 e. The topological polar surface area (TPSA) is 202 Å². The number of hydrogen-bond acceptors (Lipinski definition) is 14. The zero-order valence-electron chi connectivity index (χ0n) is 51.4. The number of aromatic amines is 1. The first kappa shape index (κ1) is 69.3. The van der Waals surface area contributed by atoms with Crippen molar-refractivity contribution >= 4 is 20.4 Å². The molecule has 18 heteroatoms. The molecular formula is C66H98N5O12P. The number of methoxy groups -OCH3 is 3. The maximum Gasteiger partial charge on any atom is 0.330 e. The minimum atomic E-state index is -1.86. The van der Waals surface area contributed by atoms with E-state index in [1.807, 2.05) is 78.9 Å². The van der Waals surface area contributed by atoms with E-state index in [1.54, 1.807) is 14.2 Å². The highest BCUT2D eigenvalue weighted by Crippen LogP contribution is 2.51. The van der Waals surface area contributed by atoms with Gasteiger partial charge in [-0.1, -0.05) is 157 Å². The summed E-state index contributed by atoms with van der Waals surface area (Å²) in [5.41, 5.74) is 0.00130. The lowest BCUT2D eigenvalue weighted by Gasteiger charge is -2.39. The van der Waals surface area contributed by atoms with Crippen molar-refractivity contribution in [2.75, 3.05) is 47.7 Å². The van der Waals surface area contributed by atoms with E-state index < -0.39 is 49.9 Å². The lowest BCUT2D eigenvalue weighted by Crippen LogP contribution is -2.43. The summed E-state index contributed by atoms with van der Waals surface area (Å²) in [5.74, 6) is 1.35. The fourth-order valence-corrected chi connectivity index (χ4v) is 12.7. The van der Waals surface area contributed by atoms with E-state index in [0.717, 1.165) is 61.6 Å². The Labute approximate surface area is 501 Å².